The Labute approximate surface area is 136 Å². The van der Waals surface area contributed by atoms with Gasteiger partial charge in [-0.2, -0.15) is 4.31 Å². The first-order valence-corrected chi connectivity index (χ1v) is 9.83. The van der Waals surface area contributed by atoms with Crippen molar-refractivity contribution < 1.29 is 13.2 Å². The largest absolute Gasteiger partial charge is 0.350 e. The molecular formula is C15H22N4O3S. The molecule has 0 aromatic carbocycles. The molecule has 1 aliphatic heterocycles. The van der Waals surface area contributed by atoms with Gasteiger partial charge in [0.2, 0.25) is 15.9 Å². The molecule has 0 atom stereocenters. The number of hydrogen-bond donors (Lipinski definition) is 1. The molecule has 2 heterocycles. The Morgan fingerprint density at radius 1 is 1.26 bits per heavy atom. The highest BCUT2D eigenvalue weighted by molar-refractivity contribution is 7.90. The van der Waals surface area contributed by atoms with Gasteiger partial charge in [0.15, 0.2) is 0 Å². The Balaban J connectivity index is 1.37. The highest BCUT2D eigenvalue weighted by Crippen LogP contribution is 2.33. The molecule has 1 amide bonds. The van der Waals surface area contributed by atoms with Crippen molar-refractivity contribution in [3.63, 3.8) is 0 Å². The van der Waals surface area contributed by atoms with E-state index >= 15 is 0 Å². The second kappa shape index (κ2) is 5.59. The molecule has 3 aliphatic rings. The Bertz CT molecular complexity index is 719. The van der Waals surface area contributed by atoms with E-state index < -0.39 is 10.0 Å². The van der Waals surface area contributed by atoms with Crippen molar-refractivity contribution in [2.24, 2.45) is 5.92 Å². The SMILES string of the molecule is O=C(CC1CC1)NCc1cn2c(n1)CN(S(=O)(=O)C1CC1)CC2. The maximum absolute atomic E-state index is 12.3. The highest BCUT2D eigenvalue weighted by atomic mass is 32.2. The molecule has 1 N–H and O–H groups in total. The van der Waals surface area contributed by atoms with Crippen LogP contribution < -0.4 is 5.32 Å². The van der Waals surface area contributed by atoms with E-state index in [4.69, 9.17) is 0 Å². The molecule has 2 saturated carbocycles. The number of rotatable bonds is 6. The lowest BCUT2D eigenvalue weighted by Crippen LogP contribution is -2.39. The number of carbonyl (C=O) groups is 1. The Morgan fingerprint density at radius 2 is 2.04 bits per heavy atom. The number of aromatic nitrogens is 2. The van der Waals surface area contributed by atoms with Crippen LogP contribution in [0, 0.1) is 5.92 Å². The van der Waals surface area contributed by atoms with Crippen LogP contribution in [-0.2, 0) is 34.5 Å². The smallest absolute Gasteiger partial charge is 0.220 e. The third-order valence-corrected chi connectivity index (χ3v) is 7.11. The molecule has 0 saturated heterocycles. The monoisotopic (exact) mass is 338 g/mol. The van der Waals surface area contributed by atoms with Crippen molar-refractivity contribution >= 4 is 15.9 Å². The van der Waals surface area contributed by atoms with E-state index in [1.165, 1.54) is 0 Å². The van der Waals surface area contributed by atoms with Crippen molar-refractivity contribution in [1.82, 2.24) is 19.2 Å². The number of hydrogen-bond acceptors (Lipinski definition) is 4. The Kier molecular flexibility index (Phi) is 3.68. The fourth-order valence-electron chi connectivity index (χ4n) is 3.01. The maximum Gasteiger partial charge on any atom is 0.220 e. The van der Waals surface area contributed by atoms with Crippen LogP contribution in [0.4, 0.5) is 0 Å². The van der Waals surface area contributed by atoms with Crippen LogP contribution in [0.5, 0.6) is 0 Å². The number of sulfonamides is 1. The minimum Gasteiger partial charge on any atom is -0.350 e. The van der Waals surface area contributed by atoms with Crippen molar-refractivity contribution in [1.29, 1.82) is 0 Å². The summed E-state index contributed by atoms with van der Waals surface area (Å²) in [4.78, 5) is 16.2. The van der Waals surface area contributed by atoms with Gasteiger partial charge >= 0.3 is 0 Å². The molecule has 2 aliphatic carbocycles. The topological polar surface area (TPSA) is 84.3 Å². The van der Waals surface area contributed by atoms with Gasteiger partial charge in [-0.3, -0.25) is 4.79 Å². The van der Waals surface area contributed by atoms with Crippen molar-refractivity contribution in [2.75, 3.05) is 6.54 Å². The van der Waals surface area contributed by atoms with E-state index in [1.807, 2.05) is 10.8 Å². The zero-order valence-electron chi connectivity index (χ0n) is 13.1. The van der Waals surface area contributed by atoms with Gasteiger partial charge in [0.25, 0.3) is 0 Å². The number of nitrogens with one attached hydrogen (secondary N) is 1. The molecule has 8 heteroatoms. The lowest BCUT2D eigenvalue weighted by molar-refractivity contribution is -0.121. The molecule has 0 bridgehead atoms. The lowest BCUT2D eigenvalue weighted by atomic mass is 10.3. The predicted molar refractivity (Wildman–Crippen MR) is 83.8 cm³/mol. The zero-order valence-corrected chi connectivity index (χ0v) is 13.9. The number of imidazole rings is 1. The number of carbonyl (C=O) groups excluding carboxylic acids is 1. The number of amides is 1. The van der Waals surface area contributed by atoms with Crippen LogP contribution in [0.3, 0.4) is 0 Å². The average Bonchev–Trinajstić information content (AvgIpc) is 3.42. The van der Waals surface area contributed by atoms with Gasteiger partial charge in [0, 0.05) is 25.7 Å². The normalized spacial score (nSPS) is 21.9. The third kappa shape index (κ3) is 3.28. The number of nitrogens with zero attached hydrogens (tertiary/aromatic N) is 3. The summed E-state index contributed by atoms with van der Waals surface area (Å²) in [5, 5.41) is 2.73. The first-order valence-electron chi connectivity index (χ1n) is 8.33. The molecule has 23 heavy (non-hydrogen) atoms. The molecule has 1 aromatic rings. The van der Waals surface area contributed by atoms with Crippen LogP contribution in [-0.4, -0.2) is 40.0 Å². The minimum absolute atomic E-state index is 0.0800. The molecule has 0 unspecified atom stereocenters. The predicted octanol–water partition coefficient (Wildman–Crippen LogP) is 0.607. The van der Waals surface area contributed by atoms with Gasteiger partial charge in [-0.25, -0.2) is 13.4 Å². The standard InChI is InChI=1S/C15H22N4O3S/c20-15(7-11-1-2-11)16-8-12-9-18-5-6-19(10-14(18)17-12)23(21,22)13-3-4-13/h9,11,13H,1-8,10H2,(H,16,20). The zero-order chi connectivity index (χ0) is 16.0. The summed E-state index contributed by atoms with van der Waals surface area (Å²) in [6.07, 6.45) is 6.43. The summed E-state index contributed by atoms with van der Waals surface area (Å²) >= 11 is 0. The molecule has 0 spiro atoms. The molecule has 4 rings (SSSR count). The second-order valence-electron chi connectivity index (χ2n) is 6.84. The van der Waals surface area contributed by atoms with Crippen LogP contribution >= 0.6 is 0 Å². The first kappa shape index (κ1) is 15.1. The summed E-state index contributed by atoms with van der Waals surface area (Å²) in [7, 11) is -3.14. The van der Waals surface area contributed by atoms with Crippen molar-refractivity contribution in [2.45, 2.75) is 57.0 Å². The molecule has 126 valence electrons. The lowest BCUT2D eigenvalue weighted by Gasteiger charge is -2.26. The van der Waals surface area contributed by atoms with Gasteiger partial charge in [-0.15, -0.1) is 0 Å². The van der Waals surface area contributed by atoms with Crippen LogP contribution in [0.2, 0.25) is 0 Å². The van der Waals surface area contributed by atoms with Gasteiger partial charge in [0.1, 0.15) is 5.82 Å². The fraction of sp³-hybridized carbons (Fsp3) is 0.733. The molecule has 1 aromatic heterocycles. The number of fused-ring (bicyclic) bond motifs is 1. The van der Waals surface area contributed by atoms with Crippen LogP contribution in [0.15, 0.2) is 6.20 Å². The van der Waals surface area contributed by atoms with Crippen LogP contribution in [0.1, 0.15) is 43.6 Å². The summed E-state index contributed by atoms with van der Waals surface area (Å²) in [5.41, 5.74) is 0.801. The first-order chi connectivity index (χ1) is 11.0. The van der Waals surface area contributed by atoms with E-state index in [0.717, 1.165) is 37.2 Å². The van der Waals surface area contributed by atoms with Crippen LogP contribution in [0.25, 0.3) is 0 Å². The summed E-state index contributed by atoms with van der Waals surface area (Å²) < 4.78 is 28.2. The summed E-state index contributed by atoms with van der Waals surface area (Å²) in [5.74, 6) is 1.43. The quantitative estimate of drug-likeness (QED) is 0.823. The van der Waals surface area contributed by atoms with E-state index in [9.17, 15) is 13.2 Å². The Morgan fingerprint density at radius 3 is 2.74 bits per heavy atom. The minimum atomic E-state index is -3.14. The second-order valence-corrected chi connectivity index (χ2v) is 9.06. The highest BCUT2D eigenvalue weighted by Gasteiger charge is 2.41. The molecule has 2 fully saturated rings. The van der Waals surface area contributed by atoms with E-state index in [1.54, 1.807) is 4.31 Å². The third-order valence-electron chi connectivity index (χ3n) is 4.76. The fourth-order valence-corrected chi connectivity index (χ4v) is 4.80. The molecule has 7 nitrogen and oxygen atoms in total. The van der Waals surface area contributed by atoms with Crippen molar-refractivity contribution in [3.8, 4) is 0 Å². The van der Waals surface area contributed by atoms with Crippen molar-refractivity contribution in [3.05, 3.63) is 17.7 Å². The molecular weight excluding hydrogens is 316 g/mol. The van der Waals surface area contributed by atoms with E-state index in [0.29, 0.717) is 38.5 Å². The van der Waals surface area contributed by atoms with Gasteiger partial charge < -0.3 is 9.88 Å². The molecule has 0 radical (unpaired) electrons. The van der Waals surface area contributed by atoms with Gasteiger partial charge in [0.05, 0.1) is 24.0 Å². The van der Waals surface area contributed by atoms with Gasteiger partial charge in [-0.1, -0.05) is 0 Å². The van der Waals surface area contributed by atoms with Gasteiger partial charge in [-0.05, 0) is 31.6 Å². The Hall–Kier alpha value is -1.41. The summed E-state index contributed by atoms with van der Waals surface area (Å²) in [6, 6.07) is 0. The van der Waals surface area contributed by atoms with E-state index in [2.05, 4.69) is 10.3 Å². The van der Waals surface area contributed by atoms with E-state index in [-0.39, 0.29) is 11.2 Å². The summed E-state index contributed by atoms with van der Waals surface area (Å²) in [6.45, 7) is 1.90. The average molecular weight is 338 g/mol. The maximum atomic E-state index is 12.3.